The lowest BCUT2D eigenvalue weighted by Gasteiger charge is -2.22. The van der Waals surface area contributed by atoms with E-state index in [1.54, 1.807) is 19.1 Å². The summed E-state index contributed by atoms with van der Waals surface area (Å²) < 4.78 is 22.3. The number of benzene rings is 1. The summed E-state index contributed by atoms with van der Waals surface area (Å²) in [6, 6.07) is 7.43. The van der Waals surface area contributed by atoms with Crippen LogP contribution in [-0.2, 0) is 18.3 Å². The number of hydrogen-bond acceptors (Lipinski definition) is 5. The molecule has 0 heterocycles. The molecule has 0 bridgehead atoms. The molecule has 130 valence electrons. The Labute approximate surface area is 141 Å². The van der Waals surface area contributed by atoms with Crippen LogP contribution >= 0.6 is 16.5 Å². The van der Waals surface area contributed by atoms with E-state index in [9.17, 15) is 4.79 Å². The van der Waals surface area contributed by atoms with Crippen LogP contribution in [-0.4, -0.2) is 38.3 Å². The highest BCUT2D eigenvalue weighted by molar-refractivity contribution is 7.72. The van der Waals surface area contributed by atoms with Gasteiger partial charge in [0, 0.05) is 11.9 Å². The predicted octanol–water partition coefficient (Wildman–Crippen LogP) is 4.26. The second kappa shape index (κ2) is 11.9. The minimum absolute atomic E-state index is 0.300. The van der Waals surface area contributed by atoms with Crippen molar-refractivity contribution in [2.45, 2.75) is 27.7 Å². The normalized spacial score (nSPS) is 12.4. The van der Waals surface area contributed by atoms with Crippen molar-refractivity contribution in [1.82, 2.24) is 0 Å². The maximum Gasteiger partial charge on any atom is 0.338 e. The number of hydrogen-bond donors (Lipinski definition) is 0. The van der Waals surface area contributed by atoms with Crippen LogP contribution in [0.15, 0.2) is 24.3 Å². The first-order chi connectivity index (χ1) is 11.2. The molecule has 1 rings (SSSR count). The van der Waals surface area contributed by atoms with Crippen LogP contribution in [0.1, 0.15) is 38.1 Å². The molecule has 0 aliphatic carbocycles. The van der Waals surface area contributed by atoms with E-state index in [0.29, 0.717) is 32.0 Å². The second-order valence-electron chi connectivity index (χ2n) is 4.37. The fourth-order valence-electron chi connectivity index (χ4n) is 1.84. The van der Waals surface area contributed by atoms with E-state index in [1.807, 2.05) is 32.9 Å². The van der Waals surface area contributed by atoms with Gasteiger partial charge in [-0.2, -0.15) is 0 Å². The third-order valence-electron chi connectivity index (χ3n) is 2.74. The molecule has 0 saturated heterocycles. The van der Waals surface area contributed by atoms with E-state index in [1.165, 1.54) is 0 Å². The molecule has 0 amide bonds. The molecule has 0 aliphatic rings. The minimum atomic E-state index is -0.949. The largest absolute Gasteiger partial charge is 0.462 e. The van der Waals surface area contributed by atoms with E-state index in [0.717, 1.165) is 11.2 Å². The van der Waals surface area contributed by atoms with Crippen molar-refractivity contribution in [3.8, 4) is 0 Å². The summed E-state index contributed by atoms with van der Waals surface area (Å²) in [5.41, 5.74) is 0.555. The Bertz CT molecular complexity index is 446. The molecule has 0 N–H and O–H groups in total. The van der Waals surface area contributed by atoms with Crippen LogP contribution in [0.3, 0.4) is 0 Å². The molecule has 1 atom stereocenters. The van der Waals surface area contributed by atoms with Gasteiger partial charge in [-0.1, -0.05) is 12.1 Å². The highest BCUT2D eigenvalue weighted by Gasteiger charge is 2.21. The van der Waals surface area contributed by atoms with Gasteiger partial charge in [0.2, 0.25) is 0 Å². The van der Waals surface area contributed by atoms with Crippen molar-refractivity contribution in [2.24, 2.45) is 0 Å². The number of rotatable bonds is 11. The summed E-state index contributed by atoms with van der Waals surface area (Å²) >= 11 is 0. The Balaban J connectivity index is 2.81. The highest BCUT2D eigenvalue weighted by atomic mass is 31.2. The zero-order valence-electron chi connectivity index (χ0n) is 14.3. The van der Waals surface area contributed by atoms with Gasteiger partial charge in [0.1, 0.15) is 0 Å². The first-order valence-electron chi connectivity index (χ1n) is 7.87. The van der Waals surface area contributed by atoms with E-state index < -0.39 is 16.5 Å². The van der Waals surface area contributed by atoms with Gasteiger partial charge in [0.05, 0.1) is 39.4 Å². The Morgan fingerprint density at radius 1 is 0.870 bits per heavy atom. The summed E-state index contributed by atoms with van der Waals surface area (Å²) in [6.07, 6.45) is 0. The van der Waals surface area contributed by atoms with E-state index >= 15 is 0 Å². The van der Waals surface area contributed by atoms with Crippen LogP contribution in [0.5, 0.6) is 0 Å². The molecule has 0 fully saturated rings. The van der Waals surface area contributed by atoms with Gasteiger partial charge in [0.15, 0.2) is 8.38 Å². The molecule has 0 radical (unpaired) electrons. The van der Waals surface area contributed by atoms with Gasteiger partial charge in [-0.25, -0.2) is 4.79 Å². The maximum absolute atomic E-state index is 11.7. The summed E-state index contributed by atoms with van der Waals surface area (Å²) in [5.74, 6) is 0.435. The quantitative estimate of drug-likeness (QED) is 0.436. The first-order valence-corrected chi connectivity index (χ1v) is 10.7. The summed E-state index contributed by atoms with van der Waals surface area (Å²) in [7, 11) is -1.78. The average Bonchev–Trinajstić information content (AvgIpc) is 2.55. The van der Waals surface area contributed by atoms with Crippen molar-refractivity contribution in [1.29, 1.82) is 0 Å². The Morgan fingerprint density at radius 3 is 1.91 bits per heavy atom. The van der Waals surface area contributed by atoms with Gasteiger partial charge < -0.3 is 18.3 Å². The van der Waals surface area contributed by atoms with Crippen LogP contribution < -0.4 is 5.30 Å². The summed E-state index contributed by atoms with van der Waals surface area (Å²) in [4.78, 5) is 11.7. The molecule has 0 aliphatic heterocycles. The van der Waals surface area contributed by atoms with Crippen molar-refractivity contribution in [3.63, 3.8) is 0 Å². The zero-order valence-corrected chi connectivity index (χ0v) is 16.1. The Kier molecular flexibility index (Phi) is 10.6. The highest BCUT2D eigenvalue weighted by Crippen LogP contribution is 2.52. The van der Waals surface area contributed by atoms with Crippen molar-refractivity contribution in [3.05, 3.63) is 29.8 Å². The predicted molar refractivity (Wildman–Crippen MR) is 95.6 cm³/mol. The first kappa shape index (κ1) is 20.5. The fraction of sp³-hybridized carbons (Fsp3) is 0.562. The van der Waals surface area contributed by atoms with Gasteiger partial charge >= 0.3 is 5.97 Å². The van der Waals surface area contributed by atoms with Crippen molar-refractivity contribution >= 4 is 27.8 Å². The maximum atomic E-state index is 11.7. The number of esters is 1. The van der Waals surface area contributed by atoms with E-state index in [4.69, 9.17) is 18.3 Å². The van der Waals surface area contributed by atoms with Crippen LogP contribution in [0.2, 0.25) is 0 Å². The monoisotopic (exact) mass is 360 g/mol. The summed E-state index contributed by atoms with van der Waals surface area (Å²) in [6.45, 7) is 9.96. The second-order valence-corrected chi connectivity index (χ2v) is 8.22. The molecule has 5 nitrogen and oxygen atoms in total. The van der Waals surface area contributed by atoms with Crippen molar-refractivity contribution < 1.29 is 23.1 Å². The molecular formula is C16H26O5P2. The van der Waals surface area contributed by atoms with E-state index in [2.05, 4.69) is 0 Å². The molecule has 0 spiro atoms. The summed E-state index contributed by atoms with van der Waals surface area (Å²) in [5, 5.41) is 1.07. The van der Waals surface area contributed by atoms with Gasteiger partial charge in [-0.15, -0.1) is 0 Å². The lowest BCUT2D eigenvalue weighted by atomic mass is 10.2. The lowest BCUT2D eigenvalue weighted by Crippen LogP contribution is -2.10. The van der Waals surface area contributed by atoms with Crippen LogP contribution in [0.25, 0.3) is 0 Å². The molecule has 1 unspecified atom stereocenters. The molecule has 1 aromatic rings. The third kappa shape index (κ3) is 7.24. The number of ether oxygens (including phenoxy) is 1. The molecule has 23 heavy (non-hydrogen) atoms. The third-order valence-corrected chi connectivity index (χ3v) is 7.23. The molecule has 7 heteroatoms. The molecule has 0 aromatic heterocycles. The zero-order chi connectivity index (χ0) is 17.1. The minimum Gasteiger partial charge on any atom is -0.462 e. The number of carbonyl (C=O) groups is 1. The van der Waals surface area contributed by atoms with E-state index in [-0.39, 0.29) is 5.97 Å². The average molecular weight is 360 g/mol. The van der Waals surface area contributed by atoms with Crippen LogP contribution in [0, 0.1) is 0 Å². The topological polar surface area (TPSA) is 54.0 Å². The molecule has 0 saturated carbocycles. The standard InChI is InChI=1S/C16H26O5P2/c1-5-18-16(17)14-9-11-15(12-10-14)22(19-6-2)13-23(20-7-3)21-8-4/h9-12H,5-8,13H2,1-4H3. The smallest absolute Gasteiger partial charge is 0.338 e. The van der Waals surface area contributed by atoms with Gasteiger partial charge in [-0.3, -0.25) is 0 Å². The van der Waals surface area contributed by atoms with Crippen LogP contribution in [0.4, 0.5) is 0 Å². The Morgan fingerprint density at radius 2 is 1.43 bits per heavy atom. The van der Waals surface area contributed by atoms with Crippen molar-refractivity contribution in [2.75, 3.05) is 32.3 Å². The molecule has 1 aromatic carbocycles. The Hall–Kier alpha value is -0.570. The van der Waals surface area contributed by atoms with Gasteiger partial charge in [-0.05, 0) is 39.8 Å². The lowest BCUT2D eigenvalue weighted by molar-refractivity contribution is 0.0526. The van der Waals surface area contributed by atoms with Gasteiger partial charge in [0.25, 0.3) is 0 Å². The number of carbonyl (C=O) groups excluding carboxylic acids is 1. The SMILES string of the molecule is CCOC(=O)c1ccc(P(CP(OCC)OCC)OCC)cc1. The molecular weight excluding hydrogens is 334 g/mol. The fourth-order valence-corrected chi connectivity index (χ4v) is 5.91.